The summed E-state index contributed by atoms with van der Waals surface area (Å²) in [7, 11) is 0. The lowest BCUT2D eigenvalue weighted by Crippen LogP contribution is -2.24. The van der Waals surface area contributed by atoms with Crippen LogP contribution in [0.3, 0.4) is 0 Å². The van der Waals surface area contributed by atoms with Gasteiger partial charge in [-0.2, -0.15) is 0 Å². The minimum atomic E-state index is 0.00620. The molecule has 0 saturated heterocycles. The third-order valence-electron chi connectivity index (χ3n) is 3.04. The van der Waals surface area contributed by atoms with Crippen LogP contribution in [0.15, 0.2) is 58.7 Å². The van der Waals surface area contributed by atoms with E-state index in [-0.39, 0.29) is 5.91 Å². The van der Waals surface area contributed by atoms with Gasteiger partial charge in [0.15, 0.2) is 5.76 Å². The molecule has 3 aromatic heterocycles. The fourth-order valence-corrected chi connectivity index (χ4v) is 2.75. The molecule has 0 fully saturated rings. The van der Waals surface area contributed by atoms with E-state index >= 15 is 0 Å². The summed E-state index contributed by atoms with van der Waals surface area (Å²) in [4.78, 5) is 17.3. The largest absolute Gasteiger partial charge is 0.463 e. The van der Waals surface area contributed by atoms with Crippen LogP contribution in [-0.4, -0.2) is 10.9 Å². The minimum Gasteiger partial charge on any atom is -0.463 e. The molecule has 3 rings (SSSR count). The SMILES string of the molecule is O=C(Cc1cccs1)NCc1cccnc1-c1ccco1. The van der Waals surface area contributed by atoms with Gasteiger partial charge in [-0.05, 0) is 29.6 Å². The number of pyridine rings is 1. The molecule has 0 aliphatic heterocycles. The van der Waals surface area contributed by atoms with E-state index in [1.54, 1.807) is 23.8 Å². The van der Waals surface area contributed by atoms with E-state index in [1.165, 1.54) is 0 Å². The van der Waals surface area contributed by atoms with E-state index in [0.717, 1.165) is 16.1 Å². The van der Waals surface area contributed by atoms with Gasteiger partial charge in [-0.3, -0.25) is 9.78 Å². The molecule has 0 saturated carbocycles. The van der Waals surface area contributed by atoms with Crippen molar-refractivity contribution >= 4 is 17.2 Å². The van der Waals surface area contributed by atoms with E-state index in [0.29, 0.717) is 18.7 Å². The quantitative estimate of drug-likeness (QED) is 0.786. The molecule has 0 spiro atoms. The normalized spacial score (nSPS) is 10.5. The summed E-state index contributed by atoms with van der Waals surface area (Å²) in [6.07, 6.45) is 3.74. The number of amides is 1. The molecule has 0 atom stereocenters. The van der Waals surface area contributed by atoms with Crippen molar-refractivity contribution in [3.05, 3.63) is 64.7 Å². The first-order valence-electron chi connectivity index (χ1n) is 6.60. The number of rotatable bonds is 5. The number of carbonyl (C=O) groups excluding carboxylic acids is 1. The summed E-state index contributed by atoms with van der Waals surface area (Å²) in [5.74, 6) is 0.713. The predicted octanol–water partition coefficient (Wildman–Crippen LogP) is 3.26. The molecule has 1 amide bonds. The van der Waals surface area contributed by atoms with E-state index in [1.807, 2.05) is 41.8 Å². The van der Waals surface area contributed by atoms with Gasteiger partial charge in [0, 0.05) is 23.2 Å². The molecule has 106 valence electrons. The average Bonchev–Trinajstić information content (AvgIpc) is 3.18. The van der Waals surface area contributed by atoms with Crippen LogP contribution in [0.4, 0.5) is 0 Å². The molecule has 0 radical (unpaired) electrons. The maximum absolute atomic E-state index is 11.9. The lowest BCUT2D eigenvalue weighted by molar-refractivity contribution is -0.120. The Labute approximate surface area is 126 Å². The number of hydrogen-bond donors (Lipinski definition) is 1. The van der Waals surface area contributed by atoms with Crippen molar-refractivity contribution in [1.29, 1.82) is 0 Å². The molecular formula is C16H14N2O2S. The van der Waals surface area contributed by atoms with E-state index in [4.69, 9.17) is 4.42 Å². The van der Waals surface area contributed by atoms with Crippen molar-refractivity contribution in [2.45, 2.75) is 13.0 Å². The third kappa shape index (κ3) is 3.38. The molecule has 5 heteroatoms. The van der Waals surface area contributed by atoms with Gasteiger partial charge >= 0.3 is 0 Å². The Kier molecular flexibility index (Phi) is 4.12. The Morgan fingerprint density at radius 3 is 2.95 bits per heavy atom. The monoisotopic (exact) mass is 298 g/mol. The maximum Gasteiger partial charge on any atom is 0.225 e. The molecule has 0 aliphatic carbocycles. The van der Waals surface area contributed by atoms with Crippen LogP contribution in [-0.2, 0) is 17.8 Å². The summed E-state index contributed by atoms with van der Waals surface area (Å²) in [5.41, 5.74) is 1.70. The highest BCUT2D eigenvalue weighted by Crippen LogP contribution is 2.21. The second kappa shape index (κ2) is 6.37. The predicted molar refractivity (Wildman–Crippen MR) is 81.8 cm³/mol. The van der Waals surface area contributed by atoms with Gasteiger partial charge in [0.2, 0.25) is 5.91 Å². The number of thiophene rings is 1. The topological polar surface area (TPSA) is 55.1 Å². The minimum absolute atomic E-state index is 0.00620. The highest BCUT2D eigenvalue weighted by atomic mass is 32.1. The Morgan fingerprint density at radius 2 is 2.19 bits per heavy atom. The van der Waals surface area contributed by atoms with Crippen LogP contribution in [0.2, 0.25) is 0 Å². The third-order valence-corrected chi connectivity index (χ3v) is 3.91. The maximum atomic E-state index is 11.9. The summed E-state index contributed by atoms with van der Waals surface area (Å²) in [6, 6.07) is 11.4. The molecule has 21 heavy (non-hydrogen) atoms. The Balaban J connectivity index is 1.67. The van der Waals surface area contributed by atoms with Gasteiger partial charge in [-0.15, -0.1) is 11.3 Å². The van der Waals surface area contributed by atoms with Gasteiger partial charge in [-0.25, -0.2) is 0 Å². The summed E-state index contributed by atoms with van der Waals surface area (Å²) in [6.45, 7) is 0.439. The molecule has 4 nitrogen and oxygen atoms in total. The molecule has 0 aliphatic rings. The van der Waals surface area contributed by atoms with Crippen molar-refractivity contribution in [2.24, 2.45) is 0 Å². The van der Waals surface area contributed by atoms with Crippen LogP contribution in [0, 0.1) is 0 Å². The summed E-state index contributed by atoms with van der Waals surface area (Å²) in [5, 5.41) is 4.90. The first-order valence-corrected chi connectivity index (χ1v) is 7.48. The van der Waals surface area contributed by atoms with Gasteiger partial charge in [0.25, 0.3) is 0 Å². The highest BCUT2D eigenvalue weighted by Gasteiger charge is 2.10. The van der Waals surface area contributed by atoms with Crippen molar-refractivity contribution < 1.29 is 9.21 Å². The Hall–Kier alpha value is -2.40. The molecule has 0 bridgehead atoms. The average molecular weight is 298 g/mol. The van der Waals surface area contributed by atoms with Crippen molar-refractivity contribution in [2.75, 3.05) is 0 Å². The molecule has 1 N–H and O–H groups in total. The molecule has 3 heterocycles. The van der Waals surface area contributed by atoms with Crippen LogP contribution in [0.5, 0.6) is 0 Å². The number of furan rings is 1. The molecular weight excluding hydrogens is 284 g/mol. The zero-order valence-electron chi connectivity index (χ0n) is 11.3. The zero-order valence-corrected chi connectivity index (χ0v) is 12.1. The number of carbonyl (C=O) groups is 1. The van der Waals surface area contributed by atoms with Crippen LogP contribution < -0.4 is 5.32 Å². The highest BCUT2D eigenvalue weighted by molar-refractivity contribution is 7.10. The van der Waals surface area contributed by atoms with Gasteiger partial charge in [0.05, 0.1) is 12.7 Å². The first kappa shape index (κ1) is 13.6. The van der Waals surface area contributed by atoms with Gasteiger partial charge in [0.1, 0.15) is 5.69 Å². The lowest BCUT2D eigenvalue weighted by Gasteiger charge is -2.08. The van der Waals surface area contributed by atoms with Crippen molar-refractivity contribution in [3.8, 4) is 11.5 Å². The summed E-state index contributed by atoms with van der Waals surface area (Å²) >= 11 is 1.59. The first-order chi connectivity index (χ1) is 10.3. The van der Waals surface area contributed by atoms with Crippen molar-refractivity contribution in [1.82, 2.24) is 10.3 Å². The van der Waals surface area contributed by atoms with Crippen LogP contribution in [0.1, 0.15) is 10.4 Å². The Morgan fingerprint density at radius 1 is 1.24 bits per heavy atom. The van der Waals surface area contributed by atoms with E-state index in [9.17, 15) is 4.79 Å². The standard InChI is InChI=1S/C16H14N2O2S/c19-15(10-13-5-3-9-21-13)18-11-12-4-1-7-17-16(12)14-6-2-8-20-14/h1-9H,10-11H2,(H,18,19). The molecule has 0 unspecified atom stereocenters. The lowest BCUT2D eigenvalue weighted by atomic mass is 10.1. The summed E-state index contributed by atoms with van der Waals surface area (Å²) < 4.78 is 5.38. The van der Waals surface area contributed by atoms with Crippen LogP contribution in [0.25, 0.3) is 11.5 Å². The van der Waals surface area contributed by atoms with Crippen LogP contribution >= 0.6 is 11.3 Å². The van der Waals surface area contributed by atoms with Gasteiger partial charge < -0.3 is 9.73 Å². The number of nitrogens with zero attached hydrogens (tertiary/aromatic N) is 1. The van der Waals surface area contributed by atoms with Gasteiger partial charge in [-0.1, -0.05) is 12.1 Å². The fraction of sp³-hybridized carbons (Fsp3) is 0.125. The van der Waals surface area contributed by atoms with E-state index in [2.05, 4.69) is 10.3 Å². The zero-order chi connectivity index (χ0) is 14.5. The number of aromatic nitrogens is 1. The van der Waals surface area contributed by atoms with Crippen molar-refractivity contribution in [3.63, 3.8) is 0 Å². The number of nitrogens with one attached hydrogen (secondary N) is 1. The fourth-order valence-electron chi connectivity index (χ4n) is 2.04. The second-order valence-electron chi connectivity index (χ2n) is 4.52. The number of hydrogen-bond acceptors (Lipinski definition) is 4. The second-order valence-corrected chi connectivity index (χ2v) is 5.55. The smallest absolute Gasteiger partial charge is 0.225 e. The Bertz CT molecular complexity index is 706. The van der Waals surface area contributed by atoms with E-state index < -0.39 is 0 Å². The molecule has 0 aromatic carbocycles. The molecule has 3 aromatic rings.